The number of amides is 1. The number of carbonyl (C=O) groups excluding carboxylic acids is 1. The molecule has 21 heavy (non-hydrogen) atoms. The van der Waals surface area contributed by atoms with E-state index in [0.717, 1.165) is 42.5 Å². The minimum Gasteiger partial charge on any atom is -0.374 e. The maximum atomic E-state index is 12.6. The zero-order valence-electron chi connectivity index (χ0n) is 13.0. The first-order valence-corrected chi connectivity index (χ1v) is 8.75. The molecule has 1 atom stereocenters. The fourth-order valence-corrected chi connectivity index (χ4v) is 3.26. The van der Waals surface area contributed by atoms with Crippen LogP contribution in [-0.4, -0.2) is 29.9 Å². The molecule has 0 saturated carbocycles. The summed E-state index contributed by atoms with van der Waals surface area (Å²) in [6.07, 6.45) is 5.72. The van der Waals surface area contributed by atoms with Gasteiger partial charge in [0.15, 0.2) is 0 Å². The maximum absolute atomic E-state index is 12.6. The monoisotopic (exact) mass is 352 g/mol. The molecule has 1 unspecified atom stereocenters. The van der Waals surface area contributed by atoms with Crippen molar-refractivity contribution in [1.29, 1.82) is 0 Å². The molecule has 1 N–H and O–H groups in total. The van der Waals surface area contributed by atoms with E-state index < -0.39 is 0 Å². The Morgan fingerprint density at radius 2 is 1.95 bits per heavy atom. The van der Waals surface area contributed by atoms with Crippen molar-refractivity contribution in [2.24, 2.45) is 0 Å². The molecule has 1 amide bonds. The van der Waals surface area contributed by atoms with E-state index in [1.54, 1.807) is 0 Å². The van der Waals surface area contributed by atoms with Crippen LogP contribution in [0.4, 0.5) is 5.69 Å². The summed E-state index contributed by atoms with van der Waals surface area (Å²) >= 11 is 3.50. The minimum atomic E-state index is -0.172. The van der Waals surface area contributed by atoms with Gasteiger partial charge >= 0.3 is 0 Å². The summed E-state index contributed by atoms with van der Waals surface area (Å²) in [4.78, 5) is 14.6. The highest BCUT2D eigenvalue weighted by Gasteiger charge is 2.21. The molecule has 0 aromatic heterocycles. The van der Waals surface area contributed by atoms with E-state index in [4.69, 9.17) is 0 Å². The van der Waals surface area contributed by atoms with Crippen LogP contribution in [0.1, 0.15) is 45.1 Å². The molecule has 0 bridgehead atoms. The fraction of sp³-hybridized carbons (Fsp3) is 0.588. The molecule has 0 radical (unpaired) electrons. The van der Waals surface area contributed by atoms with Crippen molar-refractivity contribution < 1.29 is 4.79 Å². The normalized spacial score (nSPS) is 17.2. The summed E-state index contributed by atoms with van der Waals surface area (Å²) in [7, 11) is 0. The van der Waals surface area contributed by atoms with Crippen molar-refractivity contribution in [2.45, 2.75) is 52.0 Å². The van der Waals surface area contributed by atoms with Crippen molar-refractivity contribution in [2.75, 3.05) is 18.4 Å². The van der Waals surface area contributed by atoms with Crippen LogP contribution in [0.3, 0.4) is 0 Å². The van der Waals surface area contributed by atoms with Crippen LogP contribution in [0.5, 0.6) is 0 Å². The van der Waals surface area contributed by atoms with Crippen molar-refractivity contribution in [3.63, 3.8) is 0 Å². The van der Waals surface area contributed by atoms with E-state index in [-0.39, 0.29) is 11.9 Å². The van der Waals surface area contributed by atoms with Crippen LogP contribution in [0.25, 0.3) is 0 Å². The molecule has 1 heterocycles. The average molecular weight is 353 g/mol. The van der Waals surface area contributed by atoms with Gasteiger partial charge in [0.25, 0.3) is 0 Å². The summed E-state index contributed by atoms with van der Waals surface area (Å²) in [6, 6.07) is 6.01. The van der Waals surface area contributed by atoms with Gasteiger partial charge in [0.2, 0.25) is 5.91 Å². The molecule has 1 saturated heterocycles. The first kappa shape index (κ1) is 16.3. The Balaban J connectivity index is 2.03. The molecule has 0 spiro atoms. The van der Waals surface area contributed by atoms with Gasteiger partial charge in [-0.2, -0.15) is 0 Å². The van der Waals surface area contributed by atoms with E-state index in [2.05, 4.69) is 40.3 Å². The predicted octanol–water partition coefficient (Wildman–Crippen LogP) is 4.21. The number of nitrogens with zero attached hydrogens (tertiary/aromatic N) is 1. The van der Waals surface area contributed by atoms with Gasteiger partial charge < -0.3 is 10.2 Å². The summed E-state index contributed by atoms with van der Waals surface area (Å²) in [6.45, 7) is 5.92. The van der Waals surface area contributed by atoms with Crippen LogP contribution in [0.2, 0.25) is 0 Å². The zero-order valence-corrected chi connectivity index (χ0v) is 14.6. The minimum absolute atomic E-state index is 0.172. The van der Waals surface area contributed by atoms with Crippen LogP contribution in [0.15, 0.2) is 22.7 Å². The highest BCUT2D eigenvalue weighted by Crippen LogP contribution is 2.22. The van der Waals surface area contributed by atoms with Gasteiger partial charge in [-0.05, 0) is 49.9 Å². The molecule has 0 aliphatic carbocycles. The number of carbonyl (C=O) groups is 1. The standard InChI is InChI=1S/C17H25BrN2O/c1-3-14-12-15(18)8-9-16(14)19-13(2)17(21)20-10-6-4-5-7-11-20/h8-9,12-13,19H,3-7,10-11H2,1-2H3. The third kappa shape index (κ3) is 4.47. The Morgan fingerprint density at radius 1 is 1.29 bits per heavy atom. The molecule has 2 rings (SSSR count). The van der Waals surface area contributed by atoms with Gasteiger partial charge in [0.1, 0.15) is 6.04 Å². The molecule has 1 aromatic rings. The van der Waals surface area contributed by atoms with E-state index in [0.29, 0.717) is 0 Å². The summed E-state index contributed by atoms with van der Waals surface area (Å²) < 4.78 is 1.08. The lowest BCUT2D eigenvalue weighted by molar-refractivity contribution is -0.131. The summed E-state index contributed by atoms with van der Waals surface area (Å²) in [5.41, 5.74) is 2.30. The van der Waals surface area contributed by atoms with Gasteiger partial charge in [-0.25, -0.2) is 0 Å². The second-order valence-corrected chi connectivity index (χ2v) is 6.68. The molecule has 1 fully saturated rings. The Hall–Kier alpha value is -1.03. The number of anilines is 1. The highest BCUT2D eigenvalue weighted by molar-refractivity contribution is 9.10. The zero-order chi connectivity index (χ0) is 15.2. The Labute approximate surface area is 136 Å². The Bertz CT molecular complexity index is 482. The van der Waals surface area contributed by atoms with Crippen LogP contribution >= 0.6 is 15.9 Å². The first-order valence-electron chi connectivity index (χ1n) is 7.95. The van der Waals surface area contributed by atoms with Crippen molar-refractivity contribution in [3.8, 4) is 0 Å². The van der Waals surface area contributed by atoms with Crippen molar-refractivity contribution >= 4 is 27.5 Å². The SMILES string of the molecule is CCc1cc(Br)ccc1NC(C)C(=O)N1CCCCCC1. The van der Waals surface area contributed by atoms with Crippen LogP contribution < -0.4 is 5.32 Å². The quantitative estimate of drug-likeness (QED) is 0.879. The maximum Gasteiger partial charge on any atom is 0.244 e. The second kappa shape index (κ2) is 7.83. The lowest BCUT2D eigenvalue weighted by atomic mass is 10.1. The third-order valence-electron chi connectivity index (χ3n) is 4.11. The Morgan fingerprint density at radius 3 is 2.57 bits per heavy atom. The second-order valence-electron chi connectivity index (χ2n) is 5.76. The predicted molar refractivity (Wildman–Crippen MR) is 91.7 cm³/mol. The van der Waals surface area contributed by atoms with Gasteiger partial charge in [-0.1, -0.05) is 35.7 Å². The number of nitrogens with one attached hydrogen (secondary N) is 1. The van der Waals surface area contributed by atoms with E-state index in [9.17, 15) is 4.79 Å². The molecule has 1 aliphatic rings. The summed E-state index contributed by atoms with van der Waals surface area (Å²) in [5, 5.41) is 3.39. The smallest absolute Gasteiger partial charge is 0.244 e. The summed E-state index contributed by atoms with van der Waals surface area (Å²) in [5.74, 6) is 0.224. The van der Waals surface area contributed by atoms with E-state index >= 15 is 0 Å². The lowest BCUT2D eigenvalue weighted by Crippen LogP contribution is -2.42. The van der Waals surface area contributed by atoms with Gasteiger partial charge in [-0.15, -0.1) is 0 Å². The molecule has 3 nitrogen and oxygen atoms in total. The van der Waals surface area contributed by atoms with Gasteiger partial charge in [0, 0.05) is 23.2 Å². The molecule has 4 heteroatoms. The third-order valence-corrected chi connectivity index (χ3v) is 4.60. The molecule has 1 aromatic carbocycles. The van der Waals surface area contributed by atoms with Crippen LogP contribution in [0, 0.1) is 0 Å². The molecule has 116 valence electrons. The number of hydrogen-bond donors (Lipinski definition) is 1. The topological polar surface area (TPSA) is 32.3 Å². The number of halogens is 1. The van der Waals surface area contributed by atoms with E-state index in [1.165, 1.54) is 18.4 Å². The molecule has 1 aliphatic heterocycles. The number of benzene rings is 1. The van der Waals surface area contributed by atoms with Crippen LogP contribution in [-0.2, 0) is 11.2 Å². The average Bonchev–Trinajstić information content (AvgIpc) is 2.77. The number of likely N-dealkylation sites (tertiary alicyclic amines) is 1. The van der Waals surface area contributed by atoms with Gasteiger partial charge in [0.05, 0.1) is 0 Å². The number of rotatable bonds is 4. The van der Waals surface area contributed by atoms with Crippen molar-refractivity contribution in [1.82, 2.24) is 4.90 Å². The highest BCUT2D eigenvalue weighted by atomic mass is 79.9. The largest absolute Gasteiger partial charge is 0.374 e. The fourth-order valence-electron chi connectivity index (χ4n) is 2.86. The number of aryl methyl sites for hydroxylation is 1. The molecular weight excluding hydrogens is 328 g/mol. The van der Waals surface area contributed by atoms with Gasteiger partial charge in [-0.3, -0.25) is 4.79 Å². The lowest BCUT2D eigenvalue weighted by Gasteiger charge is -2.26. The molecular formula is C17H25BrN2O. The Kier molecular flexibility index (Phi) is 6.09. The number of hydrogen-bond acceptors (Lipinski definition) is 2. The first-order chi connectivity index (χ1) is 10.1. The van der Waals surface area contributed by atoms with E-state index in [1.807, 2.05) is 17.9 Å². The van der Waals surface area contributed by atoms with Crippen molar-refractivity contribution in [3.05, 3.63) is 28.2 Å².